The normalized spacial score (nSPS) is 11.3. The van der Waals surface area contributed by atoms with Gasteiger partial charge in [-0.3, -0.25) is 14.2 Å². The molecule has 0 amide bonds. The Hall–Kier alpha value is -2.99. The number of hydrogen-bond donors (Lipinski definition) is 0. The molecule has 0 bridgehead atoms. The van der Waals surface area contributed by atoms with E-state index in [4.69, 9.17) is 0 Å². The monoisotopic (exact) mass is 405 g/mol. The van der Waals surface area contributed by atoms with Gasteiger partial charge in [-0.05, 0) is 38.0 Å². The van der Waals surface area contributed by atoms with Crippen molar-refractivity contribution in [1.29, 1.82) is 0 Å². The average molecular weight is 406 g/mol. The third kappa shape index (κ3) is 3.56. The molecule has 0 spiro atoms. The molecule has 3 aromatic heterocycles. The second-order valence-electron chi connectivity index (χ2n) is 7.23. The molecule has 0 radical (unpaired) electrons. The van der Waals surface area contributed by atoms with E-state index < -0.39 is 0 Å². The molecule has 4 rings (SSSR count). The van der Waals surface area contributed by atoms with Gasteiger partial charge in [-0.15, -0.1) is 11.3 Å². The summed E-state index contributed by atoms with van der Waals surface area (Å²) in [5.41, 5.74) is 3.58. The first-order valence-corrected chi connectivity index (χ1v) is 10.6. The summed E-state index contributed by atoms with van der Waals surface area (Å²) in [5, 5.41) is 0.556. The van der Waals surface area contributed by atoms with E-state index in [1.165, 1.54) is 22.2 Å². The molecule has 148 valence electrons. The number of benzene rings is 1. The highest BCUT2D eigenvalue weighted by Gasteiger charge is 2.17. The molecule has 0 aliphatic rings. The molecular formula is C23H23N3O2S. The Bertz CT molecular complexity index is 1250. The zero-order valence-electron chi connectivity index (χ0n) is 16.8. The lowest BCUT2D eigenvalue weighted by Gasteiger charge is -2.08. The average Bonchev–Trinajstić information content (AvgIpc) is 3.28. The molecule has 0 saturated carbocycles. The van der Waals surface area contributed by atoms with E-state index in [2.05, 4.69) is 16.5 Å². The van der Waals surface area contributed by atoms with Crippen LogP contribution in [0.1, 0.15) is 35.1 Å². The summed E-state index contributed by atoms with van der Waals surface area (Å²) in [6.45, 7) is 6.97. The lowest BCUT2D eigenvalue weighted by atomic mass is 10.1. The highest BCUT2D eigenvalue weighted by Crippen LogP contribution is 2.30. The fraction of sp³-hybridized carbons (Fsp3) is 0.261. The number of aryl methyl sites for hydroxylation is 1. The van der Waals surface area contributed by atoms with E-state index >= 15 is 0 Å². The van der Waals surface area contributed by atoms with Gasteiger partial charge in [0, 0.05) is 28.4 Å². The van der Waals surface area contributed by atoms with Gasteiger partial charge in [0.25, 0.3) is 5.56 Å². The number of carbonyl (C=O) groups excluding carboxylic acids is 1. The molecule has 0 fully saturated rings. The van der Waals surface area contributed by atoms with Crippen LogP contribution >= 0.6 is 11.3 Å². The molecule has 0 atom stereocenters. The van der Waals surface area contributed by atoms with Gasteiger partial charge in [-0.2, -0.15) is 0 Å². The minimum absolute atomic E-state index is 0.00525. The van der Waals surface area contributed by atoms with E-state index in [1.807, 2.05) is 56.3 Å². The van der Waals surface area contributed by atoms with Crippen LogP contribution in [0.3, 0.4) is 0 Å². The molecule has 6 heteroatoms. The maximum Gasteiger partial charge on any atom is 0.262 e. The van der Waals surface area contributed by atoms with Crippen molar-refractivity contribution in [2.45, 2.75) is 40.3 Å². The van der Waals surface area contributed by atoms with Crippen molar-refractivity contribution in [2.75, 3.05) is 0 Å². The van der Waals surface area contributed by atoms with Crippen molar-refractivity contribution in [3.8, 4) is 10.4 Å². The van der Waals surface area contributed by atoms with E-state index in [9.17, 15) is 9.59 Å². The number of ketones is 1. The van der Waals surface area contributed by atoms with Gasteiger partial charge in [0.1, 0.15) is 4.83 Å². The molecule has 4 aromatic rings. The van der Waals surface area contributed by atoms with Crippen LogP contribution in [0.25, 0.3) is 20.7 Å². The second-order valence-corrected chi connectivity index (χ2v) is 8.26. The van der Waals surface area contributed by atoms with Crippen molar-refractivity contribution in [3.05, 3.63) is 76.1 Å². The van der Waals surface area contributed by atoms with Crippen LogP contribution in [0.15, 0.2) is 53.6 Å². The van der Waals surface area contributed by atoms with E-state index in [1.54, 1.807) is 0 Å². The summed E-state index contributed by atoms with van der Waals surface area (Å²) < 4.78 is 3.57. The Morgan fingerprint density at radius 3 is 2.62 bits per heavy atom. The molecule has 5 nitrogen and oxygen atoms in total. The van der Waals surface area contributed by atoms with Gasteiger partial charge in [-0.25, -0.2) is 4.98 Å². The van der Waals surface area contributed by atoms with Crippen molar-refractivity contribution < 1.29 is 4.79 Å². The van der Waals surface area contributed by atoms with Crippen LogP contribution in [0.5, 0.6) is 0 Å². The smallest absolute Gasteiger partial charge is 0.262 e. The predicted octanol–water partition coefficient (Wildman–Crippen LogP) is 4.84. The zero-order chi connectivity index (χ0) is 20.5. The topological polar surface area (TPSA) is 56.9 Å². The molecule has 3 heterocycles. The number of carbonyl (C=O) groups is 1. The van der Waals surface area contributed by atoms with Crippen molar-refractivity contribution in [1.82, 2.24) is 14.1 Å². The third-order valence-electron chi connectivity index (χ3n) is 5.21. The summed E-state index contributed by atoms with van der Waals surface area (Å²) in [5.74, 6) is -0.0674. The van der Waals surface area contributed by atoms with Crippen LogP contribution < -0.4 is 5.56 Å². The minimum Gasteiger partial charge on any atom is -0.348 e. The van der Waals surface area contributed by atoms with Crippen LogP contribution in [0.2, 0.25) is 0 Å². The first-order chi connectivity index (χ1) is 14.0. The summed E-state index contributed by atoms with van der Waals surface area (Å²) >= 11 is 1.49. The number of rotatable bonds is 6. The molecule has 0 saturated heterocycles. The van der Waals surface area contributed by atoms with E-state index in [-0.39, 0.29) is 17.9 Å². The van der Waals surface area contributed by atoms with Crippen molar-refractivity contribution in [3.63, 3.8) is 0 Å². The highest BCUT2D eigenvalue weighted by atomic mass is 32.1. The Labute approximate surface area is 173 Å². The summed E-state index contributed by atoms with van der Waals surface area (Å²) in [6.07, 6.45) is 2.49. The first-order valence-electron chi connectivity index (χ1n) is 9.74. The Kier molecular flexibility index (Phi) is 5.20. The largest absolute Gasteiger partial charge is 0.348 e. The summed E-state index contributed by atoms with van der Waals surface area (Å²) in [7, 11) is 0. The molecule has 29 heavy (non-hydrogen) atoms. The Balaban J connectivity index is 1.67. The lowest BCUT2D eigenvalue weighted by Crippen LogP contribution is -2.24. The highest BCUT2D eigenvalue weighted by molar-refractivity contribution is 7.21. The van der Waals surface area contributed by atoms with Crippen LogP contribution in [-0.2, 0) is 13.1 Å². The standard InChI is InChI=1S/C23H23N3O2S/c1-4-10-26-15(2)11-18(16(26)3)20(27)13-25-14-24-22-19(23(25)28)12-21(29-22)17-8-6-5-7-9-17/h5-9,11-12,14H,4,10,13H2,1-3H3. The number of thiophene rings is 1. The second kappa shape index (κ2) is 7.79. The quantitative estimate of drug-likeness (QED) is 0.432. The molecule has 0 aliphatic carbocycles. The number of aromatic nitrogens is 3. The maximum absolute atomic E-state index is 13.0. The minimum atomic E-state index is -0.177. The molecule has 0 unspecified atom stereocenters. The molecular weight excluding hydrogens is 382 g/mol. The summed E-state index contributed by atoms with van der Waals surface area (Å²) in [4.78, 5) is 32.0. The Morgan fingerprint density at radius 2 is 1.90 bits per heavy atom. The van der Waals surface area contributed by atoms with Gasteiger partial charge in [0.05, 0.1) is 18.3 Å². The van der Waals surface area contributed by atoms with Crippen molar-refractivity contribution in [2.24, 2.45) is 0 Å². The van der Waals surface area contributed by atoms with Gasteiger partial charge in [0.15, 0.2) is 5.78 Å². The SMILES string of the molecule is CCCn1c(C)cc(C(=O)Cn2cnc3sc(-c4ccccc4)cc3c2=O)c1C. The Morgan fingerprint density at radius 1 is 1.14 bits per heavy atom. The number of nitrogens with zero attached hydrogens (tertiary/aromatic N) is 3. The lowest BCUT2D eigenvalue weighted by molar-refractivity contribution is 0.0970. The van der Waals surface area contributed by atoms with Gasteiger partial charge >= 0.3 is 0 Å². The molecule has 0 N–H and O–H groups in total. The van der Waals surface area contributed by atoms with Crippen molar-refractivity contribution >= 4 is 27.3 Å². The van der Waals surface area contributed by atoms with Gasteiger partial charge in [0.2, 0.25) is 0 Å². The fourth-order valence-electron chi connectivity index (χ4n) is 3.71. The van der Waals surface area contributed by atoms with Crippen LogP contribution in [-0.4, -0.2) is 19.9 Å². The van der Waals surface area contributed by atoms with E-state index in [0.717, 1.165) is 34.8 Å². The fourth-order valence-corrected chi connectivity index (χ4v) is 4.70. The van der Waals surface area contributed by atoms with Crippen LogP contribution in [0, 0.1) is 13.8 Å². The molecule has 1 aromatic carbocycles. The zero-order valence-corrected chi connectivity index (χ0v) is 17.6. The van der Waals surface area contributed by atoms with Gasteiger partial charge < -0.3 is 4.57 Å². The predicted molar refractivity (Wildman–Crippen MR) is 118 cm³/mol. The summed E-state index contributed by atoms with van der Waals surface area (Å²) in [6, 6.07) is 13.7. The van der Waals surface area contributed by atoms with E-state index in [0.29, 0.717) is 15.8 Å². The molecule has 0 aliphatic heterocycles. The number of hydrogen-bond acceptors (Lipinski definition) is 4. The first kappa shape index (κ1) is 19.3. The number of fused-ring (bicyclic) bond motifs is 1. The maximum atomic E-state index is 13.0. The third-order valence-corrected chi connectivity index (χ3v) is 6.30. The van der Waals surface area contributed by atoms with Gasteiger partial charge in [-0.1, -0.05) is 37.3 Å². The number of Topliss-reactive ketones (excluding diaryl/α,β-unsaturated/α-hetero) is 1. The van der Waals surface area contributed by atoms with Crippen LogP contribution in [0.4, 0.5) is 0 Å².